The van der Waals surface area contributed by atoms with E-state index in [-0.39, 0.29) is 30.5 Å². The van der Waals surface area contributed by atoms with Crippen molar-refractivity contribution in [1.82, 2.24) is 5.32 Å². The number of fused-ring (bicyclic) bond motifs is 2. The molecule has 1 unspecified atom stereocenters. The van der Waals surface area contributed by atoms with Crippen LogP contribution in [0.2, 0.25) is 0 Å². The van der Waals surface area contributed by atoms with Crippen LogP contribution in [-0.4, -0.2) is 31.6 Å². The third kappa shape index (κ3) is 4.03. The van der Waals surface area contributed by atoms with Crippen molar-refractivity contribution < 1.29 is 23.6 Å². The molecular weight excluding hydrogens is 368 g/mol. The molecule has 2 heterocycles. The molecule has 150 valence electrons. The quantitative estimate of drug-likeness (QED) is 0.649. The number of hydrogen-bond donors (Lipinski definition) is 2. The van der Waals surface area contributed by atoms with Gasteiger partial charge >= 0.3 is 5.97 Å². The average Bonchev–Trinajstić information content (AvgIpc) is 3.17. The third-order valence-electron chi connectivity index (χ3n) is 5.57. The van der Waals surface area contributed by atoms with Gasteiger partial charge in [0.25, 0.3) is 5.91 Å². The molecule has 0 fully saturated rings. The molecule has 0 saturated carbocycles. The van der Waals surface area contributed by atoms with E-state index in [0.717, 1.165) is 21.4 Å². The lowest BCUT2D eigenvalue weighted by atomic mass is 9.94. The van der Waals surface area contributed by atoms with Crippen LogP contribution in [0.4, 0.5) is 0 Å². The summed E-state index contributed by atoms with van der Waals surface area (Å²) in [6.07, 6.45) is 0.574. The summed E-state index contributed by atoms with van der Waals surface area (Å²) in [6.45, 7) is 2.70. The van der Waals surface area contributed by atoms with E-state index in [2.05, 4.69) is 11.4 Å². The number of nitrogens with one attached hydrogen (secondary N) is 2. The van der Waals surface area contributed by atoms with Crippen LogP contribution in [0.15, 0.2) is 59.0 Å². The Hall–Kier alpha value is -3.12. The van der Waals surface area contributed by atoms with Gasteiger partial charge in [0.1, 0.15) is 17.9 Å². The van der Waals surface area contributed by atoms with Crippen molar-refractivity contribution in [2.45, 2.75) is 32.0 Å². The Bertz CT molecular complexity index is 1010. The van der Waals surface area contributed by atoms with E-state index in [1.807, 2.05) is 55.5 Å². The van der Waals surface area contributed by atoms with Crippen LogP contribution < -0.4 is 10.2 Å². The summed E-state index contributed by atoms with van der Waals surface area (Å²) in [5.41, 5.74) is 3.11. The van der Waals surface area contributed by atoms with Gasteiger partial charge in [-0.1, -0.05) is 42.5 Å². The Morgan fingerprint density at radius 1 is 1.17 bits per heavy atom. The fraction of sp³-hybridized carbons (Fsp3) is 0.304. The summed E-state index contributed by atoms with van der Waals surface area (Å²) in [5, 5.41) is 4.01. The Balaban J connectivity index is 1.46. The zero-order valence-corrected chi connectivity index (χ0v) is 16.6. The number of benzene rings is 2. The van der Waals surface area contributed by atoms with Gasteiger partial charge in [-0.05, 0) is 24.6 Å². The number of quaternary nitrogens is 1. The minimum atomic E-state index is -0.387. The molecule has 6 nitrogen and oxygen atoms in total. The molecule has 1 aliphatic rings. The van der Waals surface area contributed by atoms with Gasteiger partial charge in [0.2, 0.25) is 0 Å². The molecule has 3 atom stereocenters. The molecule has 2 aromatic carbocycles. The van der Waals surface area contributed by atoms with Crippen molar-refractivity contribution in [3.8, 4) is 0 Å². The van der Waals surface area contributed by atoms with Crippen LogP contribution in [0.1, 0.15) is 29.9 Å². The molecule has 0 saturated heterocycles. The van der Waals surface area contributed by atoms with Crippen LogP contribution in [0, 0.1) is 0 Å². The summed E-state index contributed by atoms with van der Waals surface area (Å²) in [7, 11) is 1.39. The van der Waals surface area contributed by atoms with Gasteiger partial charge in [0, 0.05) is 17.4 Å². The normalized spacial score (nSPS) is 19.4. The lowest BCUT2D eigenvalue weighted by Gasteiger charge is -2.31. The Morgan fingerprint density at radius 2 is 1.90 bits per heavy atom. The summed E-state index contributed by atoms with van der Waals surface area (Å²) < 4.78 is 10.8. The number of esters is 1. The van der Waals surface area contributed by atoms with E-state index in [0.29, 0.717) is 18.7 Å². The molecule has 4 rings (SSSR count). The second kappa shape index (κ2) is 8.09. The lowest BCUT2D eigenvalue weighted by Crippen LogP contribution is -3.17. The SMILES string of the molecule is COC(=O)[C@H]1Cc2ccccc2C[NH+]1CC(=O)N[C@@H](C)c1cc2ccccc2o1. The van der Waals surface area contributed by atoms with Crippen molar-refractivity contribution in [2.24, 2.45) is 0 Å². The first-order valence-electron chi connectivity index (χ1n) is 9.82. The Morgan fingerprint density at radius 3 is 2.66 bits per heavy atom. The number of rotatable bonds is 5. The van der Waals surface area contributed by atoms with Crippen molar-refractivity contribution in [3.63, 3.8) is 0 Å². The van der Waals surface area contributed by atoms with Crippen molar-refractivity contribution in [3.05, 3.63) is 71.5 Å². The topological polar surface area (TPSA) is 73.0 Å². The maximum absolute atomic E-state index is 12.8. The number of amides is 1. The fourth-order valence-corrected chi connectivity index (χ4v) is 4.02. The highest BCUT2D eigenvalue weighted by molar-refractivity contribution is 5.80. The highest BCUT2D eigenvalue weighted by atomic mass is 16.5. The van der Waals surface area contributed by atoms with E-state index in [1.165, 1.54) is 12.7 Å². The Labute approximate surface area is 169 Å². The molecule has 0 spiro atoms. The summed E-state index contributed by atoms with van der Waals surface area (Å²) in [4.78, 5) is 26.0. The number of methoxy groups -OCH3 is 1. The molecule has 1 amide bonds. The minimum Gasteiger partial charge on any atom is -0.465 e. The zero-order valence-electron chi connectivity index (χ0n) is 16.6. The third-order valence-corrected chi connectivity index (χ3v) is 5.57. The average molecular weight is 393 g/mol. The van der Waals surface area contributed by atoms with Gasteiger partial charge in [-0.2, -0.15) is 0 Å². The molecular formula is C23H25N2O4+. The van der Waals surface area contributed by atoms with Crippen LogP contribution in [0.25, 0.3) is 11.0 Å². The number of furan rings is 1. The molecule has 6 heteroatoms. The zero-order chi connectivity index (χ0) is 20.4. The second-order valence-electron chi connectivity index (χ2n) is 7.54. The molecule has 1 aliphatic heterocycles. The monoisotopic (exact) mass is 393 g/mol. The lowest BCUT2D eigenvalue weighted by molar-refractivity contribution is -0.924. The van der Waals surface area contributed by atoms with E-state index in [4.69, 9.17) is 9.15 Å². The standard InChI is InChI=1S/C23H24N2O4/c1-15(21-12-17-8-5-6-10-20(17)29-21)24-22(26)14-25-13-18-9-4-3-7-16(18)11-19(25)23(27)28-2/h3-10,12,15,19H,11,13-14H2,1-2H3,(H,24,26)/p+1/t15-,19+/m0/s1. The highest BCUT2D eigenvalue weighted by Gasteiger charge is 2.37. The van der Waals surface area contributed by atoms with Gasteiger partial charge in [0.05, 0.1) is 13.2 Å². The largest absolute Gasteiger partial charge is 0.465 e. The van der Waals surface area contributed by atoms with Gasteiger partial charge in [0.15, 0.2) is 12.6 Å². The van der Waals surface area contributed by atoms with E-state index in [1.54, 1.807) is 0 Å². The number of carbonyl (C=O) groups excluding carboxylic acids is 2. The van der Waals surface area contributed by atoms with Crippen LogP contribution in [0.3, 0.4) is 0 Å². The molecule has 1 aromatic heterocycles. The fourth-order valence-electron chi connectivity index (χ4n) is 4.02. The minimum absolute atomic E-state index is 0.124. The molecule has 29 heavy (non-hydrogen) atoms. The first kappa shape index (κ1) is 19.2. The summed E-state index contributed by atoms with van der Waals surface area (Å²) in [6, 6.07) is 17.1. The molecule has 0 aliphatic carbocycles. The first-order chi connectivity index (χ1) is 14.0. The maximum Gasteiger partial charge on any atom is 0.365 e. The summed E-state index contributed by atoms with van der Waals surface area (Å²) in [5.74, 6) is 0.303. The number of carbonyl (C=O) groups is 2. The number of para-hydroxylation sites is 1. The Kier molecular flexibility index (Phi) is 5.36. The highest BCUT2D eigenvalue weighted by Crippen LogP contribution is 2.23. The van der Waals surface area contributed by atoms with Crippen LogP contribution in [-0.2, 0) is 27.3 Å². The van der Waals surface area contributed by atoms with Gasteiger partial charge in [-0.3, -0.25) is 4.79 Å². The van der Waals surface area contributed by atoms with E-state index >= 15 is 0 Å². The number of ether oxygens (including phenoxy) is 1. The molecule has 3 aromatic rings. The predicted octanol–water partition coefficient (Wildman–Crippen LogP) is 1.79. The van der Waals surface area contributed by atoms with Crippen molar-refractivity contribution in [1.29, 1.82) is 0 Å². The second-order valence-corrected chi connectivity index (χ2v) is 7.54. The van der Waals surface area contributed by atoms with E-state index in [9.17, 15) is 9.59 Å². The van der Waals surface area contributed by atoms with Crippen LogP contribution in [0.5, 0.6) is 0 Å². The van der Waals surface area contributed by atoms with Crippen LogP contribution >= 0.6 is 0 Å². The molecule has 0 radical (unpaired) electrons. The van der Waals surface area contributed by atoms with Crippen molar-refractivity contribution >= 4 is 22.8 Å². The smallest absolute Gasteiger partial charge is 0.365 e. The van der Waals surface area contributed by atoms with Gasteiger partial charge in [-0.25, -0.2) is 4.79 Å². The summed E-state index contributed by atoms with van der Waals surface area (Å²) >= 11 is 0. The van der Waals surface area contributed by atoms with Crippen molar-refractivity contribution in [2.75, 3.05) is 13.7 Å². The molecule has 2 N–H and O–H groups in total. The predicted molar refractivity (Wildman–Crippen MR) is 108 cm³/mol. The number of hydrogen-bond acceptors (Lipinski definition) is 4. The van der Waals surface area contributed by atoms with Gasteiger partial charge < -0.3 is 19.4 Å². The maximum atomic E-state index is 12.8. The first-order valence-corrected chi connectivity index (χ1v) is 9.82. The van der Waals surface area contributed by atoms with Gasteiger partial charge in [-0.15, -0.1) is 0 Å². The van der Waals surface area contributed by atoms with E-state index < -0.39 is 0 Å². The molecule has 0 bridgehead atoms.